The van der Waals surface area contributed by atoms with Gasteiger partial charge in [0.2, 0.25) is 5.91 Å². The van der Waals surface area contributed by atoms with Crippen LogP contribution in [0.4, 0.5) is 35.9 Å². The summed E-state index contributed by atoms with van der Waals surface area (Å²) in [5.41, 5.74) is -0.947. The van der Waals surface area contributed by atoms with Crippen molar-refractivity contribution in [2.24, 2.45) is 5.92 Å². The van der Waals surface area contributed by atoms with Crippen molar-refractivity contribution >= 4 is 28.7 Å². The summed E-state index contributed by atoms with van der Waals surface area (Å²) in [7, 11) is 0. The van der Waals surface area contributed by atoms with Gasteiger partial charge in [-0.3, -0.25) is 25.0 Å². The van der Waals surface area contributed by atoms with Crippen LogP contribution in [0.3, 0.4) is 0 Å². The van der Waals surface area contributed by atoms with Crippen LogP contribution in [-0.2, 0) is 11.0 Å². The molecule has 0 bridgehead atoms. The zero-order valence-corrected chi connectivity index (χ0v) is 17.9. The molecule has 1 heterocycles. The number of nitro groups is 2. The molecule has 0 unspecified atom stereocenters. The number of hydrogen-bond acceptors (Lipinski definition) is 7. The Bertz CT molecular complexity index is 1050. The number of non-ortho nitro benzene ring substituents is 1. The van der Waals surface area contributed by atoms with E-state index in [2.05, 4.69) is 10.6 Å². The standard InChI is InChI=1S/C21H22F3N5O5/c22-21(23,24)15-1-6-18(19(13-15)29(33)34)27-11-7-14(8-12-27)20(30)26-10-9-25-16-2-4-17(5-3-16)28(31)32/h1-6,13-14,25H,7-12H2,(H,26,30). The van der Waals surface area contributed by atoms with Gasteiger partial charge < -0.3 is 15.5 Å². The summed E-state index contributed by atoms with van der Waals surface area (Å²) in [5, 5.41) is 27.8. The molecule has 2 aromatic rings. The minimum atomic E-state index is -4.68. The molecule has 1 saturated heterocycles. The van der Waals surface area contributed by atoms with Crippen molar-refractivity contribution < 1.29 is 27.8 Å². The van der Waals surface area contributed by atoms with Gasteiger partial charge in [-0.15, -0.1) is 0 Å². The quantitative estimate of drug-likeness (QED) is 0.331. The average molecular weight is 481 g/mol. The molecule has 182 valence electrons. The van der Waals surface area contributed by atoms with Gasteiger partial charge in [-0.2, -0.15) is 13.2 Å². The highest BCUT2D eigenvalue weighted by Crippen LogP contribution is 2.37. The molecule has 10 nitrogen and oxygen atoms in total. The van der Waals surface area contributed by atoms with Crippen molar-refractivity contribution in [1.82, 2.24) is 5.32 Å². The van der Waals surface area contributed by atoms with Crippen LogP contribution in [0.25, 0.3) is 0 Å². The van der Waals surface area contributed by atoms with E-state index in [1.54, 1.807) is 17.0 Å². The number of nitrogens with one attached hydrogen (secondary N) is 2. The lowest BCUT2D eigenvalue weighted by atomic mass is 9.95. The molecule has 13 heteroatoms. The Kier molecular flexibility index (Phi) is 7.54. The first-order chi connectivity index (χ1) is 16.1. The first kappa shape index (κ1) is 24.7. The van der Waals surface area contributed by atoms with Gasteiger partial charge >= 0.3 is 6.18 Å². The van der Waals surface area contributed by atoms with Crippen molar-refractivity contribution in [3.8, 4) is 0 Å². The van der Waals surface area contributed by atoms with Gasteiger partial charge in [-0.1, -0.05) is 0 Å². The van der Waals surface area contributed by atoms with E-state index in [-0.39, 0.29) is 23.2 Å². The molecule has 0 aromatic heterocycles. The Morgan fingerprint density at radius 2 is 1.65 bits per heavy atom. The number of anilines is 2. The lowest BCUT2D eigenvalue weighted by Gasteiger charge is -2.32. The number of carbonyl (C=O) groups excluding carboxylic acids is 1. The van der Waals surface area contributed by atoms with Crippen LogP contribution in [0.1, 0.15) is 18.4 Å². The van der Waals surface area contributed by atoms with E-state index in [9.17, 15) is 38.2 Å². The van der Waals surface area contributed by atoms with Crippen molar-refractivity contribution in [3.05, 3.63) is 68.3 Å². The summed E-state index contributed by atoms with van der Waals surface area (Å²) >= 11 is 0. The molecule has 1 fully saturated rings. The van der Waals surface area contributed by atoms with Gasteiger partial charge in [0.15, 0.2) is 0 Å². The van der Waals surface area contributed by atoms with Gasteiger partial charge in [0.1, 0.15) is 5.69 Å². The largest absolute Gasteiger partial charge is 0.416 e. The molecule has 0 aliphatic carbocycles. The number of benzene rings is 2. The van der Waals surface area contributed by atoms with E-state index in [0.29, 0.717) is 50.8 Å². The lowest BCUT2D eigenvalue weighted by molar-refractivity contribution is -0.384. The summed E-state index contributed by atoms with van der Waals surface area (Å²) in [6.07, 6.45) is -3.87. The van der Waals surface area contributed by atoms with Crippen LogP contribution in [0.5, 0.6) is 0 Å². The Morgan fingerprint density at radius 1 is 1.00 bits per heavy atom. The fourth-order valence-electron chi connectivity index (χ4n) is 3.73. The Balaban J connectivity index is 1.48. The van der Waals surface area contributed by atoms with E-state index in [4.69, 9.17) is 0 Å². The second-order valence-electron chi connectivity index (χ2n) is 7.74. The summed E-state index contributed by atoms with van der Waals surface area (Å²) in [6, 6.07) is 8.33. The molecule has 0 spiro atoms. The van der Waals surface area contributed by atoms with E-state index in [0.717, 1.165) is 12.1 Å². The van der Waals surface area contributed by atoms with Crippen molar-refractivity contribution in [2.45, 2.75) is 19.0 Å². The van der Waals surface area contributed by atoms with Crippen LogP contribution < -0.4 is 15.5 Å². The van der Waals surface area contributed by atoms with Crippen LogP contribution in [0, 0.1) is 26.1 Å². The highest BCUT2D eigenvalue weighted by atomic mass is 19.4. The fourth-order valence-corrected chi connectivity index (χ4v) is 3.73. The monoisotopic (exact) mass is 481 g/mol. The normalized spacial score (nSPS) is 14.5. The van der Waals surface area contributed by atoms with Gasteiger partial charge in [0.25, 0.3) is 11.4 Å². The van der Waals surface area contributed by atoms with Crippen LogP contribution >= 0.6 is 0 Å². The molecule has 1 aliphatic rings. The zero-order chi connectivity index (χ0) is 24.9. The third kappa shape index (κ3) is 6.11. The molecule has 34 heavy (non-hydrogen) atoms. The van der Waals surface area contributed by atoms with E-state index in [1.807, 2.05) is 0 Å². The number of nitro benzene ring substituents is 2. The van der Waals surface area contributed by atoms with Gasteiger partial charge in [0.05, 0.1) is 15.4 Å². The van der Waals surface area contributed by atoms with Crippen LogP contribution in [0.2, 0.25) is 0 Å². The van der Waals surface area contributed by atoms with E-state index < -0.39 is 27.3 Å². The maximum absolute atomic E-state index is 12.9. The number of hydrogen-bond donors (Lipinski definition) is 2. The van der Waals surface area contributed by atoms with Crippen LogP contribution in [0.15, 0.2) is 42.5 Å². The van der Waals surface area contributed by atoms with Crippen molar-refractivity contribution in [2.75, 3.05) is 36.4 Å². The number of amides is 1. The lowest BCUT2D eigenvalue weighted by Crippen LogP contribution is -2.41. The highest BCUT2D eigenvalue weighted by molar-refractivity contribution is 5.79. The SMILES string of the molecule is O=C(NCCNc1ccc([N+](=O)[O-])cc1)C1CCN(c2ccc(C(F)(F)F)cc2[N+](=O)[O-])CC1. The summed E-state index contributed by atoms with van der Waals surface area (Å²) in [5.74, 6) is -0.490. The Labute approximate surface area is 192 Å². The Hall–Kier alpha value is -3.90. The van der Waals surface area contributed by atoms with E-state index >= 15 is 0 Å². The molecule has 3 rings (SSSR count). The number of piperidine rings is 1. The predicted molar refractivity (Wildman–Crippen MR) is 118 cm³/mol. The van der Waals surface area contributed by atoms with Crippen molar-refractivity contribution in [1.29, 1.82) is 0 Å². The topological polar surface area (TPSA) is 131 Å². The number of rotatable bonds is 8. The molecular formula is C21H22F3N5O5. The molecule has 2 N–H and O–H groups in total. The molecule has 0 atom stereocenters. The summed E-state index contributed by atoms with van der Waals surface area (Å²) in [4.78, 5) is 34.7. The minimum absolute atomic E-state index is 0.0215. The average Bonchev–Trinajstić information content (AvgIpc) is 2.81. The number of halogens is 3. The first-order valence-electron chi connectivity index (χ1n) is 10.4. The molecule has 1 aliphatic heterocycles. The first-order valence-corrected chi connectivity index (χ1v) is 10.4. The maximum Gasteiger partial charge on any atom is 0.416 e. The van der Waals surface area contributed by atoms with E-state index in [1.165, 1.54) is 12.1 Å². The third-order valence-corrected chi connectivity index (χ3v) is 5.54. The second-order valence-corrected chi connectivity index (χ2v) is 7.74. The number of nitrogens with zero attached hydrogens (tertiary/aromatic N) is 3. The third-order valence-electron chi connectivity index (χ3n) is 5.54. The summed E-state index contributed by atoms with van der Waals surface area (Å²) in [6.45, 7) is 1.32. The van der Waals surface area contributed by atoms with Crippen LogP contribution in [-0.4, -0.2) is 41.9 Å². The molecule has 0 saturated carbocycles. The van der Waals surface area contributed by atoms with Gasteiger partial charge in [-0.05, 0) is 37.1 Å². The smallest absolute Gasteiger partial charge is 0.383 e. The van der Waals surface area contributed by atoms with Crippen molar-refractivity contribution in [3.63, 3.8) is 0 Å². The molecule has 2 aromatic carbocycles. The second kappa shape index (κ2) is 10.4. The zero-order valence-electron chi connectivity index (χ0n) is 17.9. The number of carbonyl (C=O) groups is 1. The summed E-state index contributed by atoms with van der Waals surface area (Å²) < 4.78 is 38.7. The van der Waals surface area contributed by atoms with Gasteiger partial charge in [-0.25, -0.2) is 0 Å². The molecular weight excluding hydrogens is 459 g/mol. The minimum Gasteiger partial charge on any atom is -0.383 e. The number of alkyl halides is 3. The maximum atomic E-state index is 12.9. The predicted octanol–water partition coefficient (Wildman–Crippen LogP) is 3.97. The fraction of sp³-hybridized carbons (Fsp3) is 0.381. The Morgan fingerprint density at radius 3 is 2.21 bits per heavy atom. The molecule has 1 amide bonds. The molecule has 0 radical (unpaired) electrons. The van der Waals surface area contributed by atoms with Gasteiger partial charge in [0, 0.05) is 56.0 Å². The highest BCUT2D eigenvalue weighted by Gasteiger charge is 2.34.